The molecule has 0 aliphatic heterocycles. The Bertz CT molecular complexity index is 577. The van der Waals surface area contributed by atoms with Gasteiger partial charge in [0.2, 0.25) is 5.91 Å². The largest absolute Gasteiger partial charge is 0.465 e. The van der Waals surface area contributed by atoms with Gasteiger partial charge in [0.05, 0.1) is 6.26 Å². The molecule has 5 heteroatoms. The molecule has 0 atom stereocenters. The van der Waals surface area contributed by atoms with E-state index in [1.807, 2.05) is 36.4 Å². The normalized spacial score (nSPS) is 10.7. The standard InChI is InChI=1S/C15H16N2O3/c18-11-15(19)17-13-5-1-4-12(10-13)16-8-2-6-14-7-3-9-20-14/h1-7,9-10,16,18H,8,11H2,(H,17,19)/b6-2+. The van der Waals surface area contributed by atoms with Crippen molar-refractivity contribution in [3.8, 4) is 0 Å². The summed E-state index contributed by atoms with van der Waals surface area (Å²) in [6.07, 6.45) is 5.45. The van der Waals surface area contributed by atoms with Crippen molar-refractivity contribution >= 4 is 23.4 Å². The van der Waals surface area contributed by atoms with Crippen molar-refractivity contribution in [1.82, 2.24) is 0 Å². The van der Waals surface area contributed by atoms with Gasteiger partial charge in [-0.25, -0.2) is 0 Å². The Morgan fingerprint density at radius 3 is 2.85 bits per heavy atom. The zero-order valence-corrected chi connectivity index (χ0v) is 10.9. The van der Waals surface area contributed by atoms with Gasteiger partial charge in [-0.3, -0.25) is 4.79 Å². The molecule has 0 fully saturated rings. The van der Waals surface area contributed by atoms with E-state index in [0.29, 0.717) is 12.2 Å². The maximum Gasteiger partial charge on any atom is 0.250 e. The molecular weight excluding hydrogens is 256 g/mol. The molecule has 5 nitrogen and oxygen atoms in total. The van der Waals surface area contributed by atoms with E-state index in [1.54, 1.807) is 18.4 Å². The van der Waals surface area contributed by atoms with Gasteiger partial charge in [-0.05, 0) is 36.4 Å². The lowest BCUT2D eigenvalue weighted by atomic mass is 10.2. The number of amides is 1. The Kier molecular flexibility index (Phi) is 4.97. The lowest BCUT2D eigenvalue weighted by molar-refractivity contribution is -0.118. The molecule has 0 radical (unpaired) electrons. The molecular formula is C15H16N2O3. The molecule has 0 aliphatic carbocycles. The molecule has 0 bridgehead atoms. The summed E-state index contributed by atoms with van der Waals surface area (Å²) < 4.78 is 5.18. The fourth-order valence-electron chi connectivity index (χ4n) is 1.65. The zero-order valence-electron chi connectivity index (χ0n) is 10.9. The quantitative estimate of drug-likeness (QED) is 0.754. The minimum Gasteiger partial charge on any atom is -0.465 e. The monoisotopic (exact) mass is 272 g/mol. The molecule has 2 rings (SSSR count). The molecule has 0 unspecified atom stereocenters. The average Bonchev–Trinajstić information content (AvgIpc) is 2.97. The van der Waals surface area contributed by atoms with Crippen molar-refractivity contribution < 1.29 is 14.3 Å². The third kappa shape index (κ3) is 4.29. The van der Waals surface area contributed by atoms with Crippen molar-refractivity contribution in [2.24, 2.45) is 0 Å². The van der Waals surface area contributed by atoms with Crippen LogP contribution < -0.4 is 10.6 Å². The highest BCUT2D eigenvalue weighted by atomic mass is 16.3. The highest BCUT2D eigenvalue weighted by Crippen LogP contribution is 2.14. The van der Waals surface area contributed by atoms with E-state index in [0.717, 1.165) is 11.4 Å². The topological polar surface area (TPSA) is 74.5 Å². The van der Waals surface area contributed by atoms with Crippen LogP contribution in [0.2, 0.25) is 0 Å². The predicted octanol–water partition coefficient (Wildman–Crippen LogP) is 2.34. The van der Waals surface area contributed by atoms with Crippen molar-refractivity contribution in [2.45, 2.75) is 0 Å². The zero-order chi connectivity index (χ0) is 14.2. The number of nitrogens with one attached hydrogen (secondary N) is 2. The van der Waals surface area contributed by atoms with Crippen LogP contribution in [0.4, 0.5) is 11.4 Å². The lowest BCUT2D eigenvalue weighted by Crippen LogP contribution is -2.15. The summed E-state index contributed by atoms with van der Waals surface area (Å²) in [5.74, 6) is 0.371. The summed E-state index contributed by atoms with van der Waals surface area (Å²) in [6.45, 7) is 0.113. The smallest absolute Gasteiger partial charge is 0.250 e. The van der Waals surface area contributed by atoms with Crippen molar-refractivity contribution in [2.75, 3.05) is 23.8 Å². The van der Waals surface area contributed by atoms with E-state index in [2.05, 4.69) is 10.6 Å². The second kappa shape index (κ2) is 7.16. The first-order valence-electron chi connectivity index (χ1n) is 6.22. The Balaban J connectivity index is 1.86. The van der Waals surface area contributed by atoms with Gasteiger partial charge in [-0.15, -0.1) is 0 Å². The highest BCUT2D eigenvalue weighted by Gasteiger charge is 2.00. The molecule has 1 amide bonds. The van der Waals surface area contributed by atoms with Crippen LogP contribution in [0.15, 0.2) is 53.2 Å². The maximum absolute atomic E-state index is 11.1. The maximum atomic E-state index is 11.1. The van der Waals surface area contributed by atoms with E-state index in [-0.39, 0.29) is 0 Å². The van der Waals surface area contributed by atoms with E-state index >= 15 is 0 Å². The number of hydrogen-bond acceptors (Lipinski definition) is 4. The first-order valence-corrected chi connectivity index (χ1v) is 6.22. The van der Waals surface area contributed by atoms with E-state index < -0.39 is 12.5 Å². The SMILES string of the molecule is O=C(CO)Nc1cccc(NC/C=C/c2ccco2)c1. The number of carbonyl (C=O) groups excluding carboxylic acids is 1. The van der Waals surface area contributed by atoms with E-state index in [9.17, 15) is 4.79 Å². The molecule has 2 aromatic rings. The highest BCUT2D eigenvalue weighted by molar-refractivity contribution is 5.91. The number of furan rings is 1. The van der Waals surface area contributed by atoms with Crippen LogP contribution >= 0.6 is 0 Å². The molecule has 0 spiro atoms. The van der Waals surface area contributed by atoms with Crippen LogP contribution in [0, 0.1) is 0 Å². The van der Waals surface area contributed by atoms with Gasteiger partial charge in [0.25, 0.3) is 0 Å². The fourth-order valence-corrected chi connectivity index (χ4v) is 1.65. The molecule has 104 valence electrons. The van der Waals surface area contributed by atoms with Crippen LogP contribution in [0.25, 0.3) is 6.08 Å². The van der Waals surface area contributed by atoms with Gasteiger partial charge in [0.15, 0.2) is 0 Å². The summed E-state index contributed by atoms with van der Waals surface area (Å²) in [6, 6.07) is 11.0. The molecule has 1 aromatic heterocycles. The molecule has 20 heavy (non-hydrogen) atoms. The molecule has 0 saturated heterocycles. The van der Waals surface area contributed by atoms with Crippen molar-refractivity contribution in [3.05, 3.63) is 54.5 Å². The first-order chi connectivity index (χ1) is 9.78. The van der Waals surface area contributed by atoms with Crippen LogP contribution in [0.1, 0.15) is 5.76 Å². The summed E-state index contributed by atoms with van der Waals surface area (Å²) >= 11 is 0. The number of aliphatic hydroxyl groups is 1. The molecule has 0 saturated carbocycles. The number of aliphatic hydroxyl groups excluding tert-OH is 1. The third-order valence-corrected chi connectivity index (χ3v) is 2.54. The van der Waals surface area contributed by atoms with Crippen LogP contribution in [0.5, 0.6) is 0 Å². The van der Waals surface area contributed by atoms with Crippen molar-refractivity contribution in [1.29, 1.82) is 0 Å². The Hall–Kier alpha value is -2.53. The van der Waals surface area contributed by atoms with Crippen LogP contribution in [-0.2, 0) is 4.79 Å². The number of anilines is 2. The minimum atomic E-state index is -0.524. The average molecular weight is 272 g/mol. The van der Waals surface area contributed by atoms with E-state index in [4.69, 9.17) is 9.52 Å². The minimum absolute atomic E-state index is 0.431. The van der Waals surface area contributed by atoms with Crippen molar-refractivity contribution in [3.63, 3.8) is 0 Å². The second-order valence-electron chi connectivity index (χ2n) is 4.09. The second-order valence-corrected chi connectivity index (χ2v) is 4.09. The van der Waals surface area contributed by atoms with Gasteiger partial charge in [-0.1, -0.05) is 12.1 Å². The van der Waals surface area contributed by atoms with Gasteiger partial charge in [0, 0.05) is 17.9 Å². The third-order valence-electron chi connectivity index (χ3n) is 2.54. The summed E-state index contributed by atoms with van der Waals surface area (Å²) in [7, 11) is 0. The van der Waals surface area contributed by atoms with Gasteiger partial charge < -0.3 is 20.2 Å². The number of hydrogen-bond donors (Lipinski definition) is 3. The fraction of sp³-hybridized carbons (Fsp3) is 0.133. The van der Waals surface area contributed by atoms with E-state index in [1.165, 1.54) is 0 Å². The molecule has 3 N–H and O–H groups in total. The molecule has 1 aromatic carbocycles. The van der Waals surface area contributed by atoms with Crippen LogP contribution in [0.3, 0.4) is 0 Å². The summed E-state index contributed by atoms with van der Waals surface area (Å²) in [5, 5.41) is 14.5. The predicted molar refractivity (Wildman–Crippen MR) is 78.4 cm³/mol. The first kappa shape index (κ1) is 13.9. The Labute approximate surface area is 116 Å². The lowest BCUT2D eigenvalue weighted by Gasteiger charge is -2.07. The number of benzene rings is 1. The van der Waals surface area contributed by atoms with Gasteiger partial charge in [-0.2, -0.15) is 0 Å². The molecule has 0 aliphatic rings. The Morgan fingerprint density at radius 2 is 2.10 bits per heavy atom. The number of rotatable bonds is 6. The summed E-state index contributed by atoms with van der Waals surface area (Å²) in [5.41, 5.74) is 1.52. The Morgan fingerprint density at radius 1 is 1.25 bits per heavy atom. The van der Waals surface area contributed by atoms with Crippen LogP contribution in [-0.4, -0.2) is 24.2 Å². The summed E-state index contributed by atoms with van der Waals surface area (Å²) in [4.78, 5) is 11.1. The molecule has 1 heterocycles. The van der Waals surface area contributed by atoms with Gasteiger partial charge in [0.1, 0.15) is 12.4 Å². The number of carbonyl (C=O) groups is 1. The van der Waals surface area contributed by atoms with Gasteiger partial charge >= 0.3 is 0 Å².